The summed E-state index contributed by atoms with van der Waals surface area (Å²) in [6.45, 7) is 0. The molecule has 4 aromatic rings. The van der Waals surface area contributed by atoms with Crippen LogP contribution in [-0.2, 0) is 4.79 Å². The Morgan fingerprint density at radius 3 is 2.17 bits per heavy atom. The number of thiazole rings is 1. The fourth-order valence-corrected chi connectivity index (χ4v) is 5.93. The van der Waals surface area contributed by atoms with Gasteiger partial charge in [0.1, 0.15) is 22.4 Å². The lowest BCUT2D eigenvalue weighted by atomic mass is 10.3. The number of carbonyl (C=O) groups excluding carboxylic acids is 1. The molecule has 4 rings (SSSR count). The summed E-state index contributed by atoms with van der Waals surface area (Å²) < 4.78 is 27.2. The van der Waals surface area contributed by atoms with Crippen molar-refractivity contribution in [2.75, 3.05) is 11.1 Å². The average Bonchev–Trinajstić information content (AvgIpc) is 3.29. The van der Waals surface area contributed by atoms with Crippen LogP contribution in [-0.4, -0.2) is 32.7 Å². The Bertz CT molecular complexity index is 1350. The third-order valence-electron chi connectivity index (χ3n) is 4.17. The Hall–Kier alpha value is -2.93. The molecule has 0 aliphatic carbocycles. The molecule has 0 saturated carbocycles. The number of rotatable bonds is 9. The van der Waals surface area contributed by atoms with Crippen LogP contribution < -0.4 is 5.32 Å². The number of halogens is 2. The van der Waals surface area contributed by atoms with E-state index in [9.17, 15) is 18.4 Å². The lowest BCUT2D eigenvalue weighted by molar-refractivity contribution is -0.133. The molecule has 35 heavy (non-hydrogen) atoms. The van der Waals surface area contributed by atoms with Crippen LogP contribution in [0.15, 0.2) is 90.8 Å². The molecular formula is C23H15F2N3O3S4. The van der Waals surface area contributed by atoms with Crippen molar-refractivity contribution >= 4 is 63.6 Å². The average molecular weight is 548 g/mol. The number of hydrogen-bond acceptors (Lipinski definition) is 8. The standard InChI is InChI=1S/C23H15F2N3O3S4/c24-13-1-5-15(6-2-13)33-17-9-10-18(34-16-7-3-14(25)4-8-16)27-21(17)22(31)28-23-26-11-20(35-23)32-12-19(29)30/h1-11H,12H2,(H,29,30)(H,26,28,31). The van der Waals surface area contributed by atoms with Gasteiger partial charge in [-0.15, -0.1) is 11.8 Å². The second-order valence-electron chi connectivity index (χ2n) is 6.73. The largest absolute Gasteiger partial charge is 0.481 e. The van der Waals surface area contributed by atoms with Gasteiger partial charge in [0.05, 0.1) is 16.2 Å². The second kappa shape index (κ2) is 11.7. The Kier molecular flexibility index (Phi) is 8.39. The minimum atomic E-state index is -0.948. The Labute approximate surface area is 215 Å². The van der Waals surface area contributed by atoms with Gasteiger partial charge in [0.15, 0.2) is 5.13 Å². The molecule has 0 aliphatic rings. The van der Waals surface area contributed by atoms with E-state index in [2.05, 4.69) is 15.3 Å². The molecule has 1 amide bonds. The molecule has 0 atom stereocenters. The van der Waals surface area contributed by atoms with Crippen LogP contribution in [0.5, 0.6) is 0 Å². The van der Waals surface area contributed by atoms with Gasteiger partial charge in [0, 0.05) is 14.7 Å². The molecule has 0 saturated heterocycles. The highest BCUT2D eigenvalue weighted by atomic mass is 32.2. The smallest absolute Gasteiger partial charge is 0.313 e. The first-order valence-electron chi connectivity index (χ1n) is 9.85. The van der Waals surface area contributed by atoms with Crippen molar-refractivity contribution in [2.45, 2.75) is 23.9 Å². The molecule has 12 heteroatoms. The molecular weight excluding hydrogens is 533 g/mol. The van der Waals surface area contributed by atoms with Crippen LogP contribution in [0.25, 0.3) is 0 Å². The molecule has 0 aliphatic heterocycles. The number of nitrogens with one attached hydrogen (secondary N) is 1. The van der Waals surface area contributed by atoms with Gasteiger partial charge in [-0.3, -0.25) is 14.9 Å². The summed E-state index contributed by atoms with van der Waals surface area (Å²) in [7, 11) is 0. The summed E-state index contributed by atoms with van der Waals surface area (Å²) in [4.78, 5) is 34.6. The van der Waals surface area contributed by atoms with Crippen molar-refractivity contribution in [1.29, 1.82) is 0 Å². The number of aromatic nitrogens is 2. The van der Waals surface area contributed by atoms with Crippen molar-refractivity contribution in [2.24, 2.45) is 0 Å². The highest BCUT2D eigenvalue weighted by Gasteiger charge is 2.18. The summed E-state index contributed by atoms with van der Waals surface area (Å²) in [6, 6.07) is 15.3. The number of benzene rings is 2. The molecule has 0 unspecified atom stereocenters. The molecule has 0 spiro atoms. The maximum atomic E-state index is 13.3. The van der Waals surface area contributed by atoms with Crippen LogP contribution in [0.4, 0.5) is 13.9 Å². The van der Waals surface area contributed by atoms with Crippen molar-refractivity contribution in [1.82, 2.24) is 9.97 Å². The van der Waals surface area contributed by atoms with E-state index in [0.717, 1.165) is 32.9 Å². The maximum absolute atomic E-state index is 13.3. The lowest BCUT2D eigenvalue weighted by Crippen LogP contribution is -2.15. The number of carbonyl (C=O) groups is 2. The molecule has 6 nitrogen and oxygen atoms in total. The first-order chi connectivity index (χ1) is 16.9. The van der Waals surface area contributed by atoms with E-state index in [0.29, 0.717) is 19.3 Å². The highest BCUT2D eigenvalue weighted by molar-refractivity contribution is 8.01. The number of pyridine rings is 1. The topological polar surface area (TPSA) is 92.2 Å². The Morgan fingerprint density at radius 1 is 0.914 bits per heavy atom. The minimum absolute atomic E-state index is 0.113. The van der Waals surface area contributed by atoms with E-state index >= 15 is 0 Å². The number of amides is 1. The van der Waals surface area contributed by atoms with E-state index < -0.39 is 11.9 Å². The van der Waals surface area contributed by atoms with E-state index in [-0.39, 0.29) is 23.1 Å². The fraction of sp³-hybridized carbons (Fsp3) is 0.0435. The molecule has 0 bridgehead atoms. The van der Waals surface area contributed by atoms with Crippen molar-refractivity contribution in [3.63, 3.8) is 0 Å². The number of anilines is 1. The Balaban J connectivity index is 1.58. The monoisotopic (exact) mass is 547 g/mol. The van der Waals surface area contributed by atoms with Gasteiger partial charge < -0.3 is 5.11 Å². The Morgan fingerprint density at radius 2 is 1.54 bits per heavy atom. The molecule has 0 radical (unpaired) electrons. The number of carboxylic acid groups (broad SMARTS) is 1. The predicted molar refractivity (Wildman–Crippen MR) is 134 cm³/mol. The zero-order valence-electron chi connectivity index (χ0n) is 17.6. The first kappa shape index (κ1) is 25.2. The lowest BCUT2D eigenvalue weighted by Gasteiger charge is -2.10. The third-order valence-corrected chi connectivity index (χ3v) is 8.26. The normalized spacial score (nSPS) is 10.8. The summed E-state index contributed by atoms with van der Waals surface area (Å²) in [5.41, 5.74) is 0.140. The van der Waals surface area contributed by atoms with Gasteiger partial charge in [-0.1, -0.05) is 34.9 Å². The molecule has 0 fully saturated rings. The van der Waals surface area contributed by atoms with E-state index in [1.807, 2.05) is 0 Å². The van der Waals surface area contributed by atoms with Crippen LogP contribution >= 0.6 is 46.6 Å². The number of aliphatic carboxylic acids is 1. The van der Waals surface area contributed by atoms with Gasteiger partial charge in [0.2, 0.25) is 0 Å². The van der Waals surface area contributed by atoms with Gasteiger partial charge in [0.25, 0.3) is 5.91 Å². The minimum Gasteiger partial charge on any atom is -0.481 e. The molecule has 2 aromatic carbocycles. The number of nitrogens with zero attached hydrogens (tertiary/aromatic N) is 2. The van der Waals surface area contributed by atoms with Crippen molar-refractivity contribution in [3.8, 4) is 0 Å². The van der Waals surface area contributed by atoms with Crippen molar-refractivity contribution in [3.05, 3.63) is 84.2 Å². The number of carboxylic acids is 1. The van der Waals surface area contributed by atoms with Crippen molar-refractivity contribution < 1.29 is 23.5 Å². The second-order valence-corrected chi connectivity index (χ2v) is 11.2. The summed E-state index contributed by atoms with van der Waals surface area (Å²) in [5.74, 6) is -2.27. The molecule has 2 aromatic heterocycles. The summed E-state index contributed by atoms with van der Waals surface area (Å²) in [5, 5.41) is 12.4. The summed E-state index contributed by atoms with van der Waals surface area (Å²) in [6.07, 6.45) is 1.50. The quantitative estimate of drug-likeness (QED) is 0.228. The summed E-state index contributed by atoms with van der Waals surface area (Å²) >= 11 is 4.80. The predicted octanol–water partition coefficient (Wildman–Crippen LogP) is 6.55. The van der Waals surface area contributed by atoms with E-state index in [1.54, 1.807) is 36.4 Å². The van der Waals surface area contributed by atoms with Gasteiger partial charge in [-0.05, 0) is 60.7 Å². The highest BCUT2D eigenvalue weighted by Crippen LogP contribution is 2.34. The van der Waals surface area contributed by atoms with Crippen LogP contribution in [0.2, 0.25) is 0 Å². The fourth-order valence-electron chi connectivity index (χ4n) is 2.66. The first-order valence-corrected chi connectivity index (χ1v) is 13.3. The number of hydrogen-bond donors (Lipinski definition) is 2. The van der Waals surface area contributed by atoms with Gasteiger partial charge >= 0.3 is 5.97 Å². The van der Waals surface area contributed by atoms with Crippen LogP contribution in [0, 0.1) is 11.6 Å². The molecule has 2 N–H and O–H groups in total. The zero-order valence-corrected chi connectivity index (χ0v) is 20.9. The van der Waals surface area contributed by atoms with Gasteiger partial charge in [-0.2, -0.15) is 0 Å². The molecule has 2 heterocycles. The molecule has 178 valence electrons. The van der Waals surface area contributed by atoms with Crippen LogP contribution in [0.1, 0.15) is 10.5 Å². The zero-order chi connectivity index (χ0) is 24.8. The van der Waals surface area contributed by atoms with E-state index in [1.165, 1.54) is 54.0 Å². The van der Waals surface area contributed by atoms with Gasteiger partial charge in [-0.25, -0.2) is 18.7 Å². The number of thioether (sulfide) groups is 1. The van der Waals surface area contributed by atoms with E-state index in [4.69, 9.17) is 5.11 Å². The third kappa shape index (κ3) is 7.28. The maximum Gasteiger partial charge on any atom is 0.313 e. The SMILES string of the molecule is O=C(O)CSc1cnc(NC(=O)c2nc(Sc3ccc(F)cc3)ccc2Sc2ccc(F)cc2)s1. The van der Waals surface area contributed by atoms with Crippen LogP contribution in [0.3, 0.4) is 0 Å².